The molecule has 1 aromatic carbocycles. The highest BCUT2D eigenvalue weighted by atomic mass is 16.5. The zero-order chi connectivity index (χ0) is 18.4. The van der Waals surface area contributed by atoms with E-state index in [1.54, 1.807) is 7.11 Å². The Balaban J connectivity index is 1.45. The fraction of sp³-hybridized carbons (Fsp3) is 0.600. The minimum absolute atomic E-state index is 0.0357. The van der Waals surface area contributed by atoms with Gasteiger partial charge in [0.05, 0.1) is 19.6 Å². The van der Waals surface area contributed by atoms with Gasteiger partial charge in [-0.2, -0.15) is 0 Å². The van der Waals surface area contributed by atoms with Crippen molar-refractivity contribution < 1.29 is 14.3 Å². The lowest BCUT2D eigenvalue weighted by Gasteiger charge is -2.33. The summed E-state index contributed by atoms with van der Waals surface area (Å²) in [6, 6.07) is 7.61. The summed E-state index contributed by atoms with van der Waals surface area (Å²) in [6.45, 7) is 3.12. The topological polar surface area (TPSA) is 70.7 Å². The molecule has 26 heavy (non-hydrogen) atoms. The third kappa shape index (κ3) is 4.97. The molecule has 2 unspecified atom stereocenters. The van der Waals surface area contributed by atoms with Gasteiger partial charge in [-0.3, -0.25) is 9.59 Å². The van der Waals surface area contributed by atoms with Crippen molar-refractivity contribution in [2.24, 2.45) is 5.92 Å². The average molecular weight is 359 g/mol. The maximum atomic E-state index is 12.6. The van der Waals surface area contributed by atoms with Crippen LogP contribution in [0.25, 0.3) is 0 Å². The molecule has 2 aliphatic heterocycles. The predicted octanol–water partition coefficient (Wildman–Crippen LogP) is 1.34. The summed E-state index contributed by atoms with van der Waals surface area (Å²) in [7, 11) is 1.63. The summed E-state index contributed by atoms with van der Waals surface area (Å²) in [5.41, 5.74) is 0.999. The van der Waals surface area contributed by atoms with E-state index in [-0.39, 0.29) is 17.9 Å². The van der Waals surface area contributed by atoms with Gasteiger partial charge in [-0.15, -0.1) is 0 Å². The van der Waals surface area contributed by atoms with Crippen LogP contribution >= 0.6 is 0 Å². The number of rotatable bonds is 6. The molecule has 2 saturated heterocycles. The van der Waals surface area contributed by atoms with Crippen LogP contribution in [-0.4, -0.2) is 56.0 Å². The highest BCUT2D eigenvalue weighted by Gasteiger charge is 2.26. The Kier molecular flexibility index (Phi) is 6.50. The van der Waals surface area contributed by atoms with Gasteiger partial charge in [0.1, 0.15) is 5.75 Å². The summed E-state index contributed by atoms with van der Waals surface area (Å²) in [5, 5.41) is 6.28. The zero-order valence-corrected chi connectivity index (χ0v) is 15.5. The van der Waals surface area contributed by atoms with E-state index < -0.39 is 0 Å². The third-order valence-corrected chi connectivity index (χ3v) is 5.33. The first-order valence-corrected chi connectivity index (χ1v) is 9.57. The van der Waals surface area contributed by atoms with Gasteiger partial charge in [0, 0.05) is 19.6 Å². The molecule has 2 heterocycles. The van der Waals surface area contributed by atoms with Crippen LogP contribution in [0.1, 0.15) is 31.2 Å². The minimum Gasteiger partial charge on any atom is -0.497 e. The summed E-state index contributed by atoms with van der Waals surface area (Å²) in [5.74, 6) is 1.40. The molecule has 0 bridgehead atoms. The first kappa shape index (κ1) is 18.7. The van der Waals surface area contributed by atoms with Gasteiger partial charge in [0.25, 0.3) is 0 Å². The van der Waals surface area contributed by atoms with E-state index in [0.717, 1.165) is 56.6 Å². The van der Waals surface area contributed by atoms with Gasteiger partial charge >= 0.3 is 0 Å². The SMILES string of the molecule is COc1ccc(CC(=O)N2CCCC(CNC(=O)C3CCCN3)C2)cc1. The lowest BCUT2D eigenvalue weighted by Crippen LogP contribution is -2.47. The van der Waals surface area contributed by atoms with Crippen molar-refractivity contribution in [2.75, 3.05) is 33.3 Å². The molecule has 0 spiro atoms. The van der Waals surface area contributed by atoms with Crippen LogP contribution in [-0.2, 0) is 16.0 Å². The van der Waals surface area contributed by atoms with Crippen molar-refractivity contribution in [1.29, 1.82) is 0 Å². The molecule has 0 radical (unpaired) electrons. The molecule has 0 saturated carbocycles. The number of nitrogens with one attached hydrogen (secondary N) is 2. The normalized spacial score (nSPS) is 22.9. The Bertz CT molecular complexity index is 611. The van der Waals surface area contributed by atoms with Gasteiger partial charge in [-0.1, -0.05) is 12.1 Å². The quantitative estimate of drug-likeness (QED) is 0.804. The van der Waals surface area contributed by atoms with Gasteiger partial charge in [-0.05, 0) is 55.8 Å². The summed E-state index contributed by atoms with van der Waals surface area (Å²) >= 11 is 0. The number of methoxy groups -OCH3 is 1. The highest BCUT2D eigenvalue weighted by Crippen LogP contribution is 2.18. The molecular weight excluding hydrogens is 330 g/mol. The highest BCUT2D eigenvalue weighted by molar-refractivity contribution is 5.82. The standard InChI is InChI=1S/C20H29N3O3/c1-26-17-8-6-15(7-9-17)12-19(24)23-11-3-4-16(14-23)13-22-20(25)18-5-2-10-21-18/h6-9,16,18,21H,2-5,10-14H2,1H3,(H,22,25). The predicted molar refractivity (Wildman–Crippen MR) is 100 cm³/mol. The Labute approximate surface area is 155 Å². The van der Waals surface area contributed by atoms with E-state index in [1.807, 2.05) is 29.2 Å². The smallest absolute Gasteiger partial charge is 0.237 e. The second-order valence-corrected chi connectivity index (χ2v) is 7.27. The van der Waals surface area contributed by atoms with Gasteiger partial charge in [0.2, 0.25) is 11.8 Å². The van der Waals surface area contributed by atoms with Crippen molar-refractivity contribution in [3.63, 3.8) is 0 Å². The molecule has 6 heteroatoms. The van der Waals surface area contributed by atoms with Crippen LogP contribution in [0.5, 0.6) is 5.75 Å². The van der Waals surface area contributed by atoms with E-state index in [0.29, 0.717) is 18.9 Å². The number of ether oxygens (including phenoxy) is 1. The van der Waals surface area contributed by atoms with E-state index in [9.17, 15) is 9.59 Å². The second kappa shape index (κ2) is 9.03. The lowest BCUT2D eigenvalue weighted by atomic mass is 9.97. The molecule has 0 aromatic heterocycles. The third-order valence-electron chi connectivity index (χ3n) is 5.33. The Morgan fingerprint density at radius 3 is 2.73 bits per heavy atom. The van der Waals surface area contributed by atoms with Crippen molar-refractivity contribution in [1.82, 2.24) is 15.5 Å². The Morgan fingerprint density at radius 2 is 2.04 bits per heavy atom. The van der Waals surface area contributed by atoms with Crippen LogP contribution < -0.4 is 15.4 Å². The fourth-order valence-corrected chi connectivity index (χ4v) is 3.76. The van der Waals surface area contributed by atoms with Crippen LogP contribution in [0.3, 0.4) is 0 Å². The molecule has 2 N–H and O–H groups in total. The number of carbonyl (C=O) groups excluding carboxylic acids is 2. The lowest BCUT2D eigenvalue weighted by molar-refractivity contribution is -0.132. The number of benzene rings is 1. The molecule has 2 atom stereocenters. The van der Waals surface area contributed by atoms with Crippen LogP contribution in [0.15, 0.2) is 24.3 Å². The first-order chi connectivity index (χ1) is 12.7. The molecule has 6 nitrogen and oxygen atoms in total. The van der Waals surface area contributed by atoms with Gasteiger partial charge in [-0.25, -0.2) is 0 Å². The number of amides is 2. The summed E-state index contributed by atoms with van der Waals surface area (Å²) in [4.78, 5) is 26.7. The molecular formula is C20H29N3O3. The number of hydrogen-bond donors (Lipinski definition) is 2. The number of carbonyl (C=O) groups is 2. The number of piperidine rings is 1. The monoisotopic (exact) mass is 359 g/mol. The molecule has 0 aliphatic carbocycles. The summed E-state index contributed by atoms with van der Waals surface area (Å²) in [6.07, 6.45) is 4.45. The largest absolute Gasteiger partial charge is 0.497 e. The molecule has 2 amide bonds. The maximum Gasteiger partial charge on any atom is 0.237 e. The van der Waals surface area contributed by atoms with E-state index in [4.69, 9.17) is 4.74 Å². The maximum absolute atomic E-state index is 12.6. The Morgan fingerprint density at radius 1 is 1.23 bits per heavy atom. The van der Waals surface area contributed by atoms with Crippen LogP contribution in [0, 0.1) is 5.92 Å². The van der Waals surface area contributed by atoms with Crippen LogP contribution in [0.2, 0.25) is 0 Å². The number of hydrogen-bond acceptors (Lipinski definition) is 4. The van der Waals surface area contributed by atoms with Crippen molar-refractivity contribution in [3.8, 4) is 5.75 Å². The van der Waals surface area contributed by atoms with E-state index in [2.05, 4.69) is 10.6 Å². The molecule has 2 aliphatic rings. The first-order valence-electron chi connectivity index (χ1n) is 9.57. The van der Waals surface area contributed by atoms with Crippen molar-refractivity contribution in [3.05, 3.63) is 29.8 Å². The van der Waals surface area contributed by atoms with E-state index >= 15 is 0 Å². The zero-order valence-electron chi connectivity index (χ0n) is 15.5. The average Bonchev–Trinajstić information content (AvgIpc) is 3.22. The Hall–Kier alpha value is -2.08. The fourth-order valence-electron chi connectivity index (χ4n) is 3.76. The van der Waals surface area contributed by atoms with Crippen molar-refractivity contribution >= 4 is 11.8 Å². The minimum atomic E-state index is -0.0357. The molecule has 3 rings (SSSR count). The summed E-state index contributed by atoms with van der Waals surface area (Å²) < 4.78 is 5.15. The number of likely N-dealkylation sites (tertiary alicyclic amines) is 1. The number of nitrogens with zero attached hydrogens (tertiary/aromatic N) is 1. The van der Waals surface area contributed by atoms with Gasteiger partial charge in [0.15, 0.2) is 0 Å². The van der Waals surface area contributed by atoms with E-state index in [1.165, 1.54) is 0 Å². The van der Waals surface area contributed by atoms with Gasteiger partial charge < -0.3 is 20.3 Å². The van der Waals surface area contributed by atoms with Crippen molar-refractivity contribution in [2.45, 2.75) is 38.1 Å². The molecule has 2 fully saturated rings. The second-order valence-electron chi connectivity index (χ2n) is 7.27. The van der Waals surface area contributed by atoms with Crippen LogP contribution in [0.4, 0.5) is 0 Å². The molecule has 1 aromatic rings. The molecule has 142 valence electrons.